The first kappa shape index (κ1) is 21.5. The lowest BCUT2D eigenvalue weighted by molar-refractivity contribution is -0.384. The summed E-state index contributed by atoms with van der Waals surface area (Å²) in [6.45, 7) is 1.54. The fourth-order valence-electron chi connectivity index (χ4n) is 4.26. The highest BCUT2D eigenvalue weighted by molar-refractivity contribution is 7.16. The van der Waals surface area contributed by atoms with Gasteiger partial charge in [-0.2, -0.15) is 10.5 Å². The normalized spacial score (nSPS) is 15.6. The molecule has 0 saturated carbocycles. The summed E-state index contributed by atoms with van der Waals surface area (Å²) in [4.78, 5) is 27.0. The lowest BCUT2D eigenvalue weighted by Gasteiger charge is -2.17. The number of thiophene rings is 1. The van der Waals surface area contributed by atoms with E-state index >= 15 is 0 Å². The fourth-order valence-corrected chi connectivity index (χ4v) is 5.49. The molecule has 4 rings (SSSR count). The van der Waals surface area contributed by atoms with Crippen LogP contribution in [0.3, 0.4) is 0 Å². The Morgan fingerprint density at radius 2 is 1.94 bits per heavy atom. The number of hydrogen-bond donors (Lipinski definition) is 1. The molecule has 0 unspecified atom stereocenters. The number of nitrogens with one attached hydrogen (secondary N) is 1. The van der Waals surface area contributed by atoms with Crippen LogP contribution in [0.4, 0.5) is 16.4 Å². The Morgan fingerprint density at radius 3 is 2.62 bits per heavy atom. The van der Waals surface area contributed by atoms with Gasteiger partial charge in [0, 0.05) is 24.0 Å². The van der Waals surface area contributed by atoms with E-state index in [1.165, 1.54) is 23.5 Å². The molecular weight excluding hydrogens is 426 g/mol. The van der Waals surface area contributed by atoms with E-state index in [-0.39, 0.29) is 11.3 Å². The molecular formula is C23H21N5O3S. The van der Waals surface area contributed by atoms with E-state index in [4.69, 9.17) is 0 Å². The van der Waals surface area contributed by atoms with Crippen LogP contribution in [0, 0.1) is 32.8 Å². The van der Waals surface area contributed by atoms with Crippen molar-refractivity contribution in [3.8, 4) is 12.1 Å². The molecule has 2 aromatic rings. The SMILES string of the molecule is N#CC(=Cc1ccc(N2CCCC2)c([N+](=O)[O-])c1)C(=O)Nc1sc2c(c1C#N)CCCC2. The lowest BCUT2D eigenvalue weighted by atomic mass is 9.96. The van der Waals surface area contributed by atoms with E-state index in [0.717, 1.165) is 62.1 Å². The molecule has 0 spiro atoms. The van der Waals surface area contributed by atoms with Gasteiger partial charge in [-0.3, -0.25) is 14.9 Å². The van der Waals surface area contributed by atoms with Crippen molar-refractivity contribution < 1.29 is 9.72 Å². The van der Waals surface area contributed by atoms with Crippen LogP contribution in [-0.2, 0) is 17.6 Å². The Hall–Kier alpha value is -3.69. The summed E-state index contributed by atoms with van der Waals surface area (Å²) in [6, 6.07) is 8.80. The second-order valence-corrected chi connectivity index (χ2v) is 8.96. The number of benzene rings is 1. The highest BCUT2D eigenvalue weighted by Gasteiger charge is 2.24. The summed E-state index contributed by atoms with van der Waals surface area (Å²) < 4.78 is 0. The van der Waals surface area contributed by atoms with E-state index in [0.29, 0.717) is 21.8 Å². The highest BCUT2D eigenvalue weighted by Crippen LogP contribution is 2.38. The number of aryl methyl sites for hydroxylation is 1. The maximum Gasteiger partial charge on any atom is 0.293 e. The van der Waals surface area contributed by atoms with Gasteiger partial charge in [-0.1, -0.05) is 6.07 Å². The molecule has 32 heavy (non-hydrogen) atoms. The largest absolute Gasteiger partial charge is 0.366 e. The number of hydrogen-bond acceptors (Lipinski definition) is 7. The number of nitro benzene ring substituents is 1. The summed E-state index contributed by atoms with van der Waals surface area (Å²) in [7, 11) is 0. The molecule has 2 heterocycles. The molecule has 1 saturated heterocycles. The van der Waals surface area contributed by atoms with Gasteiger partial charge in [0.25, 0.3) is 11.6 Å². The number of anilines is 2. The Balaban J connectivity index is 1.61. The molecule has 1 aromatic carbocycles. The molecule has 1 N–H and O–H groups in total. The monoisotopic (exact) mass is 447 g/mol. The Kier molecular flexibility index (Phi) is 6.20. The third kappa shape index (κ3) is 4.20. The summed E-state index contributed by atoms with van der Waals surface area (Å²) >= 11 is 1.39. The predicted molar refractivity (Wildman–Crippen MR) is 122 cm³/mol. The van der Waals surface area contributed by atoms with Crippen molar-refractivity contribution in [2.45, 2.75) is 38.5 Å². The summed E-state index contributed by atoms with van der Waals surface area (Å²) in [6.07, 6.45) is 7.11. The number of carbonyl (C=O) groups excluding carboxylic acids is 1. The van der Waals surface area contributed by atoms with Gasteiger partial charge in [0.2, 0.25) is 0 Å². The third-order valence-electron chi connectivity index (χ3n) is 5.83. The molecule has 162 valence electrons. The van der Waals surface area contributed by atoms with E-state index in [9.17, 15) is 25.4 Å². The van der Waals surface area contributed by atoms with Crippen molar-refractivity contribution in [1.29, 1.82) is 10.5 Å². The quantitative estimate of drug-likeness (QED) is 0.310. The van der Waals surface area contributed by atoms with Gasteiger partial charge in [-0.05, 0) is 61.8 Å². The van der Waals surface area contributed by atoms with Crippen molar-refractivity contribution >= 4 is 39.7 Å². The predicted octanol–water partition coefficient (Wildman–Crippen LogP) is 4.55. The van der Waals surface area contributed by atoms with Gasteiger partial charge >= 0.3 is 0 Å². The standard InChI is InChI=1S/C23H21N5O3S/c24-13-16(22(29)26-23-18(14-25)17-5-1-2-6-21(17)32-23)11-15-7-8-19(20(12-15)28(30)31)27-9-3-4-10-27/h7-8,11-12H,1-6,9-10H2,(H,26,29). The van der Waals surface area contributed by atoms with E-state index < -0.39 is 10.8 Å². The smallest absolute Gasteiger partial charge is 0.293 e. The molecule has 1 amide bonds. The molecule has 2 aliphatic rings. The first-order valence-electron chi connectivity index (χ1n) is 10.5. The number of rotatable bonds is 5. The maximum atomic E-state index is 12.8. The minimum Gasteiger partial charge on any atom is -0.366 e. The molecule has 1 fully saturated rings. The zero-order valence-electron chi connectivity index (χ0n) is 17.4. The first-order chi connectivity index (χ1) is 15.5. The van der Waals surface area contributed by atoms with Crippen molar-refractivity contribution in [3.63, 3.8) is 0 Å². The van der Waals surface area contributed by atoms with Crippen molar-refractivity contribution in [3.05, 3.63) is 55.5 Å². The minimum absolute atomic E-state index is 0.0453. The molecule has 8 nitrogen and oxygen atoms in total. The summed E-state index contributed by atoms with van der Waals surface area (Å²) in [5, 5.41) is 33.9. The van der Waals surface area contributed by atoms with Crippen molar-refractivity contribution in [2.24, 2.45) is 0 Å². The number of nitrogens with zero attached hydrogens (tertiary/aromatic N) is 4. The minimum atomic E-state index is -0.631. The van der Waals surface area contributed by atoms with Crippen LogP contribution < -0.4 is 10.2 Å². The molecule has 1 aliphatic heterocycles. The Bertz CT molecular complexity index is 1200. The van der Waals surface area contributed by atoms with Gasteiger partial charge in [-0.25, -0.2) is 0 Å². The van der Waals surface area contributed by atoms with Gasteiger partial charge in [-0.15, -0.1) is 11.3 Å². The average molecular weight is 448 g/mol. The molecule has 0 atom stereocenters. The van der Waals surface area contributed by atoms with E-state index in [2.05, 4.69) is 11.4 Å². The van der Waals surface area contributed by atoms with E-state index in [1.54, 1.807) is 12.1 Å². The maximum absolute atomic E-state index is 12.8. The van der Waals surface area contributed by atoms with Crippen LogP contribution in [-0.4, -0.2) is 23.9 Å². The first-order valence-corrected chi connectivity index (χ1v) is 11.3. The summed E-state index contributed by atoms with van der Waals surface area (Å²) in [5.74, 6) is -0.631. The Morgan fingerprint density at radius 1 is 1.19 bits per heavy atom. The van der Waals surface area contributed by atoms with Gasteiger partial charge in [0.05, 0.1) is 10.5 Å². The van der Waals surface area contributed by atoms with Gasteiger partial charge in [0.15, 0.2) is 0 Å². The molecule has 1 aromatic heterocycles. The third-order valence-corrected chi connectivity index (χ3v) is 7.04. The zero-order valence-corrected chi connectivity index (χ0v) is 18.2. The van der Waals surface area contributed by atoms with Gasteiger partial charge < -0.3 is 10.2 Å². The van der Waals surface area contributed by atoms with Crippen LogP contribution in [0.1, 0.15) is 47.3 Å². The topological polar surface area (TPSA) is 123 Å². The molecule has 9 heteroatoms. The number of nitriles is 2. The fraction of sp³-hybridized carbons (Fsp3) is 0.348. The second kappa shape index (κ2) is 9.21. The van der Waals surface area contributed by atoms with Crippen LogP contribution in [0.5, 0.6) is 0 Å². The summed E-state index contributed by atoms with van der Waals surface area (Å²) in [5.41, 5.74) is 2.20. The number of amides is 1. The van der Waals surface area contributed by atoms with Crippen molar-refractivity contribution in [1.82, 2.24) is 0 Å². The lowest BCUT2D eigenvalue weighted by Crippen LogP contribution is -2.18. The highest BCUT2D eigenvalue weighted by atomic mass is 32.1. The molecule has 0 radical (unpaired) electrons. The zero-order chi connectivity index (χ0) is 22.7. The van der Waals surface area contributed by atoms with Crippen LogP contribution in [0.15, 0.2) is 23.8 Å². The van der Waals surface area contributed by atoms with Crippen LogP contribution in [0.25, 0.3) is 6.08 Å². The molecule has 1 aliphatic carbocycles. The van der Waals surface area contributed by atoms with Crippen LogP contribution in [0.2, 0.25) is 0 Å². The van der Waals surface area contributed by atoms with Crippen molar-refractivity contribution in [2.75, 3.05) is 23.3 Å². The Labute approximate surface area is 189 Å². The second-order valence-electron chi connectivity index (χ2n) is 7.85. The molecule has 0 bridgehead atoms. The average Bonchev–Trinajstić information content (AvgIpc) is 3.44. The number of fused-ring (bicyclic) bond motifs is 1. The number of nitro groups is 1. The van der Waals surface area contributed by atoms with E-state index in [1.807, 2.05) is 11.0 Å². The number of carbonyl (C=O) groups is 1. The van der Waals surface area contributed by atoms with Crippen LogP contribution >= 0.6 is 11.3 Å². The van der Waals surface area contributed by atoms with Gasteiger partial charge in [0.1, 0.15) is 28.4 Å².